The molecule has 2 aromatic heterocycles. The molecule has 0 aliphatic rings. The summed E-state index contributed by atoms with van der Waals surface area (Å²) in [7, 11) is 0. The van der Waals surface area contributed by atoms with Crippen molar-refractivity contribution in [2.45, 2.75) is 20.1 Å². The number of nitrogens with zero attached hydrogens (tertiary/aromatic N) is 2. The van der Waals surface area contributed by atoms with E-state index in [1.165, 1.54) is 18.3 Å². The molecule has 2 aromatic carbocycles. The first-order valence-corrected chi connectivity index (χ1v) is 10.2. The van der Waals surface area contributed by atoms with Gasteiger partial charge in [-0.3, -0.25) is 9.48 Å². The van der Waals surface area contributed by atoms with Gasteiger partial charge in [-0.25, -0.2) is 17.6 Å². The first-order chi connectivity index (χ1) is 16.2. The molecule has 0 unspecified atom stereocenters. The normalized spacial score (nSPS) is 11.0. The molecule has 0 atom stereocenters. The molecule has 34 heavy (non-hydrogen) atoms. The molecule has 0 spiro atoms. The number of hydrogen-bond acceptors (Lipinski definition) is 4. The molecule has 0 aliphatic heterocycles. The lowest BCUT2D eigenvalue weighted by Crippen LogP contribution is -2.13. The maximum absolute atomic E-state index is 13.9. The molecule has 0 aliphatic carbocycles. The third kappa shape index (κ3) is 4.91. The molecule has 4 aromatic rings. The van der Waals surface area contributed by atoms with E-state index in [0.29, 0.717) is 16.5 Å². The van der Waals surface area contributed by atoms with Crippen molar-refractivity contribution in [2.24, 2.45) is 0 Å². The van der Waals surface area contributed by atoms with Crippen LogP contribution in [0.2, 0.25) is 5.02 Å². The zero-order valence-corrected chi connectivity index (χ0v) is 18.3. The quantitative estimate of drug-likeness (QED) is 0.258. The van der Waals surface area contributed by atoms with E-state index in [2.05, 4.69) is 10.4 Å². The highest BCUT2D eigenvalue weighted by molar-refractivity contribution is 6.32. The van der Waals surface area contributed by atoms with Crippen molar-refractivity contribution in [3.05, 3.63) is 99.6 Å². The van der Waals surface area contributed by atoms with E-state index in [1.54, 1.807) is 18.2 Å². The van der Waals surface area contributed by atoms with E-state index < -0.39 is 41.3 Å². The topological polar surface area (TPSA) is 69.3 Å². The number of para-hydroxylation sites is 1. The third-order valence-corrected chi connectivity index (χ3v) is 5.11. The summed E-state index contributed by atoms with van der Waals surface area (Å²) in [5.41, 5.74) is 0.0104. The van der Waals surface area contributed by atoms with Gasteiger partial charge in [-0.05, 0) is 30.7 Å². The predicted octanol–water partition coefficient (Wildman–Crippen LogP) is 5.87. The lowest BCUT2D eigenvalue weighted by molar-refractivity contribution is 0.0992. The number of aromatic nitrogens is 2. The molecule has 6 nitrogen and oxygen atoms in total. The molecule has 4 rings (SSSR count). The van der Waals surface area contributed by atoms with Gasteiger partial charge in [0.15, 0.2) is 34.8 Å². The number of benzene rings is 2. The number of hydrogen-bond donors (Lipinski definition) is 1. The second-order valence-corrected chi connectivity index (χ2v) is 7.65. The lowest BCUT2D eigenvalue weighted by atomic mass is 10.2. The van der Waals surface area contributed by atoms with E-state index in [4.69, 9.17) is 20.8 Å². The van der Waals surface area contributed by atoms with Crippen LogP contribution in [0.25, 0.3) is 0 Å². The van der Waals surface area contributed by atoms with Crippen molar-refractivity contribution in [3.63, 3.8) is 0 Å². The number of carbonyl (C=O) groups excluding carboxylic acids is 1. The first kappa shape index (κ1) is 23.4. The molecule has 176 valence electrons. The van der Waals surface area contributed by atoms with Gasteiger partial charge in [-0.1, -0.05) is 23.7 Å². The van der Waals surface area contributed by atoms with Gasteiger partial charge >= 0.3 is 0 Å². The molecule has 0 radical (unpaired) electrons. The fraction of sp³-hybridized carbons (Fsp3) is 0.130. The maximum atomic E-state index is 13.9. The largest absolute Gasteiger partial charge is 0.484 e. The summed E-state index contributed by atoms with van der Waals surface area (Å²) < 4.78 is 66.7. The van der Waals surface area contributed by atoms with Crippen LogP contribution in [-0.2, 0) is 13.2 Å². The highest BCUT2D eigenvalue weighted by atomic mass is 35.5. The summed E-state index contributed by atoms with van der Waals surface area (Å²) in [6.45, 7) is 1.29. The Labute approximate surface area is 195 Å². The van der Waals surface area contributed by atoms with Crippen LogP contribution in [-0.4, -0.2) is 15.7 Å². The van der Waals surface area contributed by atoms with Gasteiger partial charge < -0.3 is 14.5 Å². The molecule has 0 bridgehead atoms. The van der Waals surface area contributed by atoms with Crippen LogP contribution in [0.1, 0.15) is 27.4 Å². The van der Waals surface area contributed by atoms with E-state index in [-0.39, 0.29) is 24.3 Å². The van der Waals surface area contributed by atoms with Crippen LogP contribution in [0.4, 0.5) is 23.4 Å². The van der Waals surface area contributed by atoms with Gasteiger partial charge in [-0.15, -0.1) is 0 Å². The van der Waals surface area contributed by atoms with Crippen LogP contribution < -0.4 is 10.1 Å². The lowest BCUT2D eigenvalue weighted by Gasteiger charge is -2.09. The molecule has 0 saturated heterocycles. The first-order valence-electron chi connectivity index (χ1n) is 9.86. The Kier molecular flexibility index (Phi) is 6.60. The van der Waals surface area contributed by atoms with Gasteiger partial charge in [-0.2, -0.15) is 5.10 Å². The van der Waals surface area contributed by atoms with Crippen molar-refractivity contribution in [3.8, 4) is 5.75 Å². The Morgan fingerprint density at radius 1 is 1.12 bits per heavy atom. The summed E-state index contributed by atoms with van der Waals surface area (Å²) in [5, 5.41) is 6.85. The number of rotatable bonds is 7. The average Bonchev–Trinajstić information content (AvgIpc) is 3.45. The zero-order valence-electron chi connectivity index (χ0n) is 17.5. The second-order valence-electron chi connectivity index (χ2n) is 7.24. The van der Waals surface area contributed by atoms with E-state index in [0.717, 1.165) is 10.2 Å². The number of nitrogens with one attached hydrogen (secondary N) is 1. The Hall–Kier alpha value is -3.79. The summed E-state index contributed by atoms with van der Waals surface area (Å²) in [5.74, 6) is -5.84. The van der Waals surface area contributed by atoms with E-state index >= 15 is 0 Å². The minimum absolute atomic E-state index is 0.0311. The number of carbonyl (C=O) groups is 1. The fourth-order valence-corrected chi connectivity index (χ4v) is 3.41. The Morgan fingerprint density at radius 2 is 1.85 bits per heavy atom. The van der Waals surface area contributed by atoms with Crippen LogP contribution in [0, 0.1) is 30.2 Å². The molecule has 1 amide bonds. The monoisotopic (exact) mass is 493 g/mol. The summed E-state index contributed by atoms with van der Waals surface area (Å²) in [6, 6.07) is 9.79. The molecule has 11 heteroatoms. The second kappa shape index (κ2) is 9.60. The molecular formula is C23H16ClF4N3O3. The number of amides is 1. The third-order valence-electron chi connectivity index (χ3n) is 4.81. The van der Waals surface area contributed by atoms with Crippen LogP contribution in [0.5, 0.6) is 5.75 Å². The van der Waals surface area contributed by atoms with Crippen molar-refractivity contribution < 1.29 is 31.5 Å². The van der Waals surface area contributed by atoms with Crippen LogP contribution in [0.3, 0.4) is 0 Å². The Bertz CT molecular complexity index is 1320. The smallest absolute Gasteiger partial charge is 0.292 e. The van der Waals surface area contributed by atoms with Crippen molar-refractivity contribution in [2.75, 3.05) is 5.32 Å². The van der Waals surface area contributed by atoms with Gasteiger partial charge in [0.2, 0.25) is 0 Å². The number of aryl methyl sites for hydroxylation is 1. The molecule has 0 saturated carbocycles. The number of ether oxygens (including phenoxy) is 1. The van der Waals surface area contributed by atoms with Crippen LogP contribution >= 0.6 is 11.6 Å². The van der Waals surface area contributed by atoms with Crippen molar-refractivity contribution in [1.29, 1.82) is 0 Å². The number of furan rings is 1. The molecule has 0 fully saturated rings. The van der Waals surface area contributed by atoms with E-state index in [1.807, 2.05) is 13.0 Å². The molecule has 2 heterocycles. The minimum Gasteiger partial charge on any atom is -0.484 e. The van der Waals surface area contributed by atoms with Crippen molar-refractivity contribution in [1.82, 2.24) is 9.78 Å². The highest BCUT2D eigenvalue weighted by Gasteiger charge is 2.20. The SMILES string of the molecule is Cc1cccc(Cl)c1OCc1ccc(C(=O)Nc2ccn(Cc3c(F)c(F)cc(F)c3F)n2)o1. The molecule has 1 N–H and O–H groups in total. The standard InChI is InChI=1S/C23H16ClF4N3O3/c1-12-3-2-4-15(24)22(12)33-11-13-5-6-18(34-13)23(32)29-19-7-8-31(30-19)10-14-20(27)16(25)9-17(26)21(14)28/h2-9H,10-11H2,1H3,(H,29,30,32). The summed E-state index contributed by atoms with van der Waals surface area (Å²) in [4.78, 5) is 12.4. The van der Waals surface area contributed by atoms with Gasteiger partial charge in [0.1, 0.15) is 18.1 Å². The summed E-state index contributed by atoms with van der Waals surface area (Å²) in [6.07, 6.45) is 1.28. The number of halogens is 5. The van der Waals surface area contributed by atoms with Gasteiger partial charge in [0.25, 0.3) is 5.91 Å². The number of anilines is 1. The van der Waals surface area contributed by atoms with Crippen LogP contribution in [0.15, 0.2) is 53.1 Å². The Balaban J connectivity index is 1.40. The van der Waals surface area contributed by atoms with E-state index in [9.17, 15) is 22.4 Å². The predicted molar refractivity (Wildman–Crippen MR) is 115 cm³/mol. The fourth-order valence-electron chi connectivity index (χ4n) is 3.14. The highest BCUT2D eigenvalue weighted by Crippen LogP contribution is 2.29. The molecular weight excluding hydrogens is 478 g/mol. The zero-order chi connectivity index (χ0) is 24.4. The summed E-state index contributed by atoms with van der Waals surface area (Å²) >= 11 is 6.12. The van der Waals surface area contributed by atoms with Gasteiger partial charge in [0.05, 0.1) is 17.1 Å². The Morgan fingerprint density at radius 3 is 2.56 bits per heavy atom. The maximum Gasteiger partial charge on any atom is 0.292 e. The van der Waals surface area contributed by atoms with Crippen molar-refractivity contribution >= 4 is 23.3 Å². The van der Waals surface area contributed by atoms with Gasteiger partial charge in [0, 0.05) is 18.3 Å². The average molecular weight is 494 g/mol. The minimum atomic E-state index is -1.52.